The van der Waals surface area contributed by atoms with Gasteiger partial charge in [-0.15, -0.1) is 0 Å². The van der Waals surface area contributed by atoms with E-state index in [4.69, 9.17) is 9.47 Å². The first-order chi connectivity index (χ1) is 16.3. The number of aromatic nitrogens is 2. The molecule has 1 amide bonds. The highest BCUT2D eigenvalue weighted by Gasteiger charge is 2.45. The molecule has 0 spiro atoms. The highest BCUT2D eigenvalue weighted by Crippen LogP contribution is 2.44. The third-order valence-electron chi connectivity index (χ3n) is 6.70. The fourth-order valence-electron chi connectivity index (χ4n) is 5.07. The number of carbonyl (C=O) groups is 1. The molecule has 2 atom stereocenters. The molecule has 1 fully saturated rings. The van der Waals surface area contributed by atoms with Gasteiger partial charge in [0.1, 0.15) is 0 Å². The Labute approximate surface area is 193 Å². The molecule has 1 N–H and O–H groups in total. The van der Waals surface area contributed by atoms with Crippen LogP contribution >= 0.6 is 0 Å². The van der Waals surface area contributed by atoms with Crippen molar-refractivity contribution in [2.45, 2.75) is 37.5 Å². The van der Waals surface area contributed by atoms with Crippen molar-refractivity contribution in [3.63, 3.8) is 0 Å². The van der Waals surface area contributed by atoms with Crippen LogP contribution in [0.2, 0.25) is 0 Å². The lowest BCUT2D eigenvalue weighted by atomic mass is 9.99. The molecular formula is C24H21F3N4O3. The van der Waals surface area contributed by atoms with Gasteiger partial charge in [0.25, 0.3) is 5.91 Å². The van der Waals surface area contributed by atoms with E-state index in [2.05, 4.69) is 10.4 Å². The normalized spacial score (nSPS) is 20.4. The standard InChI is InChI=1S/C24H21F3N4O3/c1-30(15-6-8-19-20(11-15)34-12-33-19)23(32)13-3-2-4-16(9-13)31-18-10-14-5-7-17(28-14)21(18)22(29-31)24(25,26)27/h2-4,6,8-9,11,14,17,28H,5,7,10,12H2,1H3/t14-,17-/m0/s1. The van der Waals surface area contributed by atoms with Crippen molar-refractivity contribution in [1.29, 1.82) is 0 Å². The molecule has 3 aliphatic rings. The van der Waals surface area contributed by atoms with Gasteiger partial charge < -0.3 is 19.7 Å². The zero-order chi connectivity index (χ0) is 23.6. The Hall–Kier alpha value is -3.53. The number of nitrogens with zero attached hydrogens (tertiary/aromatic N) is 3. The summed E-state index contributed by atoms with van der Waals surface area (Å²) in [5, 5.41) is 7.26. The minimum atomic E-state index is -4.56. The molecule has 3 aromatic rings. The third kappa shape index (κ3) is 3.32. The van der Waals surface area contributed by atoms with Crippen LogP contribution in [0.15, 0.2) is 42.5 Å². The quantitative estimate of drug-likeness (QED) is 0.620. The number of anilines is 1. The lowest BCUT2D eigenvalue weighted by Gasteiger charge is -2.23. The van der Waals surface area contributed by atoms with E-state index in [0.717, 1.165) is 6.42 Å². The van der Waals surface area contributed by atoms with Crippen molar-refractivity contribution in [2.75, 3.05) is 18.7 Å². The molecule has 2 bridgehead atoms. The molecule has 0 saturated carbocycles. The number of amides is 1. The highest BCUT2D eigenvalue weighted by molar-refractivity contribution is 6.06. The van der Waals surface area contributed by atoms with E-state index in [1.54, 1.807) is 49.5 Å². The maximum Gasteiger partial charge on any atom is 0.435 e. The van der Waals surface area contributed by atoms with E-state index in [-0.39, 0.29) is 30.3 Å². The molecule has 4 heterocycles. The van der Waals surface area contributed by atoms with E-state index in [1.165, 1.54) is 9.58 Å². The Balaban J connectivity index is 1.37. The van der Waals surface area contributed by atoms with Crippen LogP contribution < -0.4 is 19.7 Å². The summed E-state index contributed by atoms with van der Waals surface area (Å²) in [5.41, 5.74) is 1.32. The fourth-order valence-corrected chi connectivity index (χ4v) is 5.07. The molecule has 176 valence electrons. The van der Waals surface area contributed by atoms with Crippen LogP contribution in [0.4, 0.5) is 18.9 Å². The summed E-state index contributed by atoms with van der Waals surface area (Å²) < 4.78 is 53.6. The largest absolute Gasteiger partial charge is 0.454 e. The van der Waals surface area contributed by atoms with Gasteiger partial charge >= 0.3 is 6.18 Å². The third-order valence-corrected chi connectivity index (χ3v) is 6.70. The highest BCUT2D eigenvalue weighted by atomic mass is 19.4. The lowest BCUT2D eigenvalue weighted by molar-refractivity contribution is -0.142. The minimum Gasteiger partial charge on any atom is -0.454 e. The molecule has 1 aromatic heterocycles. The molecule has 6 rings (SSSR count). The molecular weight excluding hydrogens is 449 g/mol. The van der Waals surface area contributed by atoms with Crippen LogP contribution in [0.1, 0.15) is 46.2 Å². The van der Waals surface area contributed by atoms with E-state index in [0.29, 0.717) is 47.0 Å². The van der Waals surface area contributed by atoms with Crippen LogP contribution in [0, 0.1) is 0 Å². The molecule has 0 unspecified atom stereocenters. The van der Waals surface area contributed by atoms with Gasteiger partial charge in [0.2, 0.25) is 6.79 Å². The number of ether oxygens (including phenoxy) is 2. The van der Waals surface area contributed by atoms with Crippen molar-refractivity contribution in [2.24, 2.45) is 0 Å². The summed E-state index contributed by atoms with van der Waals surface area (Å²) in [4.78, 5) is 14.7. The molecule has 10 heteroatoms. The Morgan fingerprint density at radius 2 is 1.97 bits per heavy atom. The second-order valence-corrected chi connectivity index (χ2v) is 8.77. The first-order valence-electron chi connectivity index (χ1n) is 11.0. The predicted molar refractivity (Wildman–Crippen MR) is 116 cm³/mol. The second-order valence-electron chi connectivity index (χ2n) is 8.77. The second kappa shape index (κ2) is 7.49. The number of alkyl halides is 3. The van der Waals surface area contributed by atoms with Crippen molar-refractivity contribution in [3.05, 3.63) is 65.0 Å². The zero-order valence-electron chi connectivity index (χ0n) is 18.2. The predicted octanol–water partition coefficient (Wildman–Crippen LogP) is 4.25. The van der Waals surface area contributed by atoms with Gasteiger partial charge in [-0.25, -0.2) is 4.68 Å². The molecule has 34 heavy (non-hydrogen) atoms. The van der Waals surface area contributed by atoms with E-state index in [9.17, 15) is 18.0 Å². The van der Waals surface area contributed by atoms with Crippen molar-refractivity contribution in [1.82, 2.24) is 15.1 Å². The maximum atomic E-state index is 13.8. The first kappa shape index (κ1) is 21.0. The van der Waals surface area contributed by atoms with Crippen LogP contribution in [0.3, 0.4) is 0 Å². The van der Waals surface area contributed by atoms with Gasteiger partial charge in [0.15, 0.2) is 17.2 Å². The fraction of sp³-hybridized carbons (Fsp3) is 0.333. The summed E-state index contributed by atoms with van der Waals surface area (Å²) in [6, 6.07) is 11.5. The number of halogens is 3. The van der Waals surface area contributed by atoms with E-state index < -0.39 is 11.9 Å². The van der Waals surface area contributed by atoms with Gasteiger partial charge in [-0.3, -0.25) is 4.79 Å². The Bertz CT molecular complexity index is 1300. The van der Waals surface area contributed by atoms with Gasteiger partial charge in [0.05, 0.1) is 11.4 Å². The maximum absolute atomic E-state index is 13.8. The minimum absolute atomic E-state index is 0.129. The number of benzene rings is 2. The number of hydrogen-bond donors (Lipinski definition) is 1. The molecule has 0 aliphatic carbocycles. The summed E-state index contributed by atoms with van der Waals surface area (Å²) >= 11 is 0. The summed E-state index contributed by atoms with van der Waals surface area (Å²) in [5.74, 6) is 0.857. The summed E-state index contributed by atoms with van der Waals surface area (Å²) in [6.07, 6.45) is -2.61. The van der Waals surface area contributed by atoms with E-state index >= 15 is 0 Å². The van der Waals surface area contributed by atoms with Gasteiger partial charge in [-0.2, -0.15) is 18.3 Å². The van der Waals surface area contributed by atoms with Crippen LogP contribution in [-0.4, -0.2) is 35.6 Å². The van der Waals surface area contributed by atoms with Crippen molar-refractivity contribution in [3.8, 4) is 17.2 Å². The van der Waals surface area contributed by atoms with Crippen molar-refractivity contribution < 1.29 is 27.4 Å². The Kier molecular flexibility index (Phi) is 4.63. The van der Waals surface area contributed by atoms with Crippen LogP contribution in [-0.2, 0) is 12.6 Å². The van der Waals surface area contributed by atoms with Gasteiger partial charge in [0, 0.05) is 48.4 Å². The Morgan fingerprint density at radius 1 is 1.15 bits per heavy atom. The first-order valence-corrected chi connectivity index (χ1v) is 11.0. The number of hydrogen-bond acceptors (Lipinski definition) is 5. The number of fused-ring (bicyclic) bond motifs is 5. The van der Waals surface area contributed by atoms with Gasteiger partial charge in [-0.05, 0) is 43.2 Å². The van der Waals surface area contributed by atoms with Crippen LogP contribution in [0.5, 0.6) is 11.5 Å². The number of nitrogens with one attached hydrogen (secondary N) is 1. The average Bonchev–Trinajstić information content (AvgIpc) is 3.55. The molecule has 2 aromatic carbocycles. The summed E-state index contributed by atoms with van der Waals surface area (Å²) in [7, 11) is 1.63. The number of rotatable bonds is 3. The molecule has 1 saturated heterocycles. The molecule has 0 radical (unpaired) electrons. The average molecular weight is 470 g/mol. The molecule has 7 nitrogen and oxygen atoms in total. The summed E-state index contributed by atoms with van der Waals surface area (Å²) in [6.45, 7) is 0.129. The number of carbonyl (C=O) groups excluding carboxylic acids is 1. The van der Waals surface area contributed by atoms with Gasteiger partial charge in [-0.1, -0.05) is 6.07 Å². The topological polar surface area (TPSA) is 68.6 Å². The van der Waals surface area contributed by atoms with Crippen molar-refractivity contribution >= 4 is 11.6 Å². The van der Waals surface area contributed by atoms with Crippen LogP contribution in [0.25, 0.3) is 5.69 Å². The molecule has 3 aliphatic heterocycles. The Morgan fingerprint density at radius 3 is 2.79 bits per heavy atom. The SMILES string of the molecule is CN(C(=O)c1cccc(-n2nc(C(F)(F)F)c3c2C[C@@H]2CC[C@@H]3N2)c1)c1ccc2c(c1)OCO2. The zero-order valence-corrected chi connectivity index (χ0v) is 18.2. The lowest BCUT2D eigenvalue weighted by Crippen LogP contribution is -2.33. The smallest absolute Gasteiger partial charge is 0.435 e. The van der Waals surface area contributed by atoms with E-state index in [1.807, 2.05) is 0 Å². The monoisotopic (exact) mass is 470 g/mol.